The van der Waals surface area contributed by atoms with Crippen molar-refractivity contribution in [3.05, 3.63) is 70.3 Å². The molecule has 0 aliphatic rings. The Morgan fingerprint density at radius 3 is 1.93 bits per heavy atom. The van der Waals surface area contributed by atoms with Crippen LogP contribution in [0, 0.1) is 31.1 Å². The van der Waals surface area contributed by atoms with Crippen molar-refractivity contribution in [1.82, 2.24) is 0 Å². The molecule has 0 saturated carbocycles. The van der Waals surface area contributed by atoms with Gasteiger partial charge in [-0.05, 0) is 69.2 Å². The summed E-state index contributed by atoms with van der Waals surface area (Å²) in [5.74, 6) is 7.17. The molecule has 0 fully saturated rings. The summed E-state index contributed by atoms with van der Waals surface area (Å²) in [5, 5.41) is 0. The van der Waals surface area contributed by atoms with Crippen LogP contribution in [-0.2, 0) is 5.41 Å². The molecule has 0 radical (unpaired) electrons. The van der Waals surface area contributed by atoms with Gasteiger partial charge in [-0.15, -0.1) is 0 Å². The van der Waals surface area contributed by atoms with E-state index in [1.54, 1.807) is 0 Å². The summed E-state index contributed by atoms with van der Waals surface area (Å²) in [6.45, 7) is 15.9. The Morgan fingerprint density at radius 2 is 1.41 bits per heavy atom. The third-order valence-corrected chi connectivity index (χ3v) is 6.66. The van der Waals surface area contributed by atoms with Gasteiger partial charge in [0.2, 0.25) is 0 Å². The lowest BCUT2D eigenvalue weighted by atomic mass is 9.70. The number of benzene rings is 2. The smallest absolute Gasteiger partial charge is 0.0290 e. The van der Waals surface area contributed by atoms with Crippen molar-refractivity contribution in [3.8, 4) is 11.8 Å². The molecule has 2 aromatic rings. The lowest BCUT2D eigenvalue weighted by Crippen LogP contribution is -2.26. The van der Waals surface area contributed by atoms with Crippen LogP contribution in [-0.4, -0.2) is 0 Å². The topological polar surface area (TPSA) is 0 Å². The Kier molecular flexibility index (Phi) is 8.15. The van der Waals surface area contributed by atoms with E-state index < -0.39 is 0 Å². The zero-order valence-electron chi connectivity index (χ0n) is 19.8. The Hall–Kier alpha value is -2.00. The second-order valence-electron chi connectivity index (χ2n) is 9.00. The van der Waals surface area contributed by atoms with Gasteiger partial charge in [0.25, 0.3) is 0 Å². The van der Waals surface area contributed by atoms with Crippen LogP contribution in [0.3, 0.4) is 0 Å². The fourth-order valence-corrected chi connectivity index (χ4v) is 4.85. The standard InChI is InChI=1S/C29H40/c1-8-18-28(7,19-9-2)20-17-25-15-16-27(22-24(25)6)29(10-3,11-4)26-14-12-13-23(5)21-26/h12-16,21-22H,8-11,18-19H2,1-7H3. The van der Waals surface area contributed by atoms with Crippen LogP contribution in [0.2, 0.25) is 0 Å². The van der Waals surface area contributed by atoms with Crippen molar-refractivity contribution in [2.45, 2.75) is 92.4 Å². The highest BCUT2D eigenvalue weighted by molar-refractivity contribution is 5.48. The van der Waals surface area contributed by atoms with Gasteiger partial charge in [-0.25, -0.2) is 0 Å². The summed E-state index contributed by atoms with van der Waals surface area (Å²) in [4.78, 5) is 0. The first-order valence-corrected chi connectivity index (χ1v) is 11.6. The van der Waals surface area contributed by atoms with Gasteiger partial charge in [0.1, 0.15) is 0 Å². The van der Waals surface area contributed by atoms with Gasteiger partial charge < -0.3 is 0 Å². The van der Waals surface area contributed by atoms with E-state index in [0.29, 0.717) is 0 Å². The van der Waals surface area contributed by atoms with Gasteiger partial charge in [-0.1, -0.05) is 94.3 Å². The van der Waals surface area contributed by atoms with E-state index in [1.165, 1.54) is 53.5 Å². The molecule has 0 saturated heterocycles. The van der Waals surface area contributed by atoms with Gasteiger partial charge in [-0.3, -0.25) is 0 Å². The lowest BCUT2D eigenvalue weighted by molar-refractivity contribution is 0.370. The van der Waals surface area contributed by atoms with Crippen LogP contribution in [0.4, 0.5) is 0 Å². The molecule has 0 amide bonds. The Bertz CT molecular complexity index is 849. The SMILES string of the molecule is CCCC(C)(C#Cc1ccc(C(CC)(CC)c2cccc(C)c2)cc1C)CCC. The minimum Gasteiger partial charge on any atom is -0.0914 e. The van der Waals surface area contributed by atoms with Crippen LogP contribution in [0.25, 0.3) is 0 Å². The van der Waals surface area contributed by atoms with Crippen LogP contribution < -0.4 is 0 Å². The third-order valence-electron chi connectivity index (χ3n) is 6.66. The van der Waals surface area contributed by atoms with Crippen molar-refractivity contribution in [3.63, 3.8) is 0 Å². The van der Waals surface area contributed by atoms with Crippen molar-refractivity contribution in [1.29, 1.82) is 0 Å². The Balaban J connectivity index is 2.45. The summed E-state index contributed by atoms with van der Waals surface area (Å²) >= 11 is 0. The average molecular weight is 389 g/mol. The molecule has 2 aromatic carbocycles. The van der Waals surface area contributed by atoms with E-state index in [2.05, 4.69) is 103 Å². The number of hydrogen-bond acceptors (Lipinski definition) is 0. The maximum Gasteiger partial charge on any atom is 0.0290 e. The van der Waals surface area contributed by atoms with Crippen LogP contribution >= 0.6 is 0 Å². The predicted octanol–water partition coefficient (Wildman–Crippen LogP) is 8.37. The molecule has 0 aliphatic heterocycles. The van der Waals surface area contributed by atoms with Crippen molar-refractivity contribution < 1.29 is 0 Å². The fourth-order valence-electron chi connectivity index (χ4n) is 4.85. The first-order valence-electron chi connectivity index (χ1n) is 11.6. The molecule has 0 heterocycles. The zero-order chi connectivity index (χ0) is 21.5. The second-order valence-corrected chi connectivity index (χ2v) is 9.00. The predicted molar refractivity (Wildman–Crippen MR) is 129 cm³/mol. The van der Waals surface area contributed by atoms with Crippen molar-refractivity contribution >= 4 is 0 Å². The lowest BCUT2D eigenvalue weighted by Gasteiger charge is -2.34. The minimum absolute atomic E-state index is 0.0711. The monoisotopic (exact) mass is 388 g/mol. The molecule has 0 N–H and O–H groups in total. The average Bonchev–Trinajstić information content (AvgIpc) is 2.69. The highest BCUT2D eigenvalue weighted by Gasteiger charge is 2.31. The highest BCUT2D eigenvalue weighted by Crippen LogP contribution is 2.39. The second kappa shape index (κ2) is 10.2. The molecular weight excluding hydrogens is 348 g/mol. The minimum atomic E-state index is 0.0711. The normalized spacial score (nSPS) is 11.8. The molecule has 0 heteroatoms. The van der Waals surface area contributed by atoms with Gasteiger partial charge in [0.15, 0.2) is 0 Å². The quantitative estimate of drug-likeness (QED) is 0.398. The van der Waals surface area contributed by atoms with Gasteiger partial charge in [0, 0.05) is 16.4 Å². The fraction of sp³-hybridized carbons (Fsp3) is 0.517. The maximum absolute atomic E-state index is 3.63. The molecule has 156 valence electrons. The molecule has 0 aliphatic carbocycles. The van der Waals surface area contributed by atoms with Crippen molar-refractivity contribution in [2.24, 2.45) is 5.41 Å². The first kappa shape index (κ1) is 23.3. The van der Waals surface area contributed by atoms with Crippen LogP contribution in [0.15, 0.2) is 42.5 Å². The molecule has 0 spiro atoms. The molecule has 29 heavy (non-hydrogen) atoms. The Labute approximate surface area is 180 Å². The van der Waals surface area contributed by atoms with Crippen LogP contribution in [0.1, 0.15) is 101 Å². The van der Waals surface area contributed by atoms with E-state index in [1.807, 2.05) is 0 Å². The largest absolute Gasteiger partial charge is 0.0914 e. The number of hydrogen-bond donors (Lipinski definition) is 0. The summed E-state index contributed by atoms with van der Waals surface area (Å²) in [6, 6.07) is 16.0. The van der Waals surface area contributed by atoms with Crippen molar-refractivity contribution in [2.75, 3.05) is 0 Å². The van der Waals surface area contributed by atoms with E-state index in [4.69, 9.17) is 0 Å². The molecule has 2 rings (SSSR count). The van der Waals surface area contributed by atoms with Gasteiger partial charge in [-0.2, -0.15) is 0 Å². The summed E-state index contributed by atoms with van der Waals surface area (Å²) in [5.41, 5.74) is 6.86. The molecule has 0 aromatic heterocycles. The summed E-state index contributed by atoms with van der Waals surface area (Å²) < 4.78 is 0. The zero-order valence-corrected chi connectivity index (χ0v) is 19.8. The molecule has 0 nitrogen and oxygen atoms in total. The third kappa shape index (κ3) is 5.33. The van der Waals surface area contributed by atoms with E-state index in [0.717, 1.165) is 12.8 Å². The first-order chi connectivity index (χ1) is 13.8. The summed E-state index contributed by atoms with van der Waals surface area (Å²) in [7, 11) is 0. The summed E-state index contributed by atoms with van der Waals surface area (Å²) in [6.07, 6.45) is 6.93. The maximum atomic E-state index is 3.63. The Morgan fingerprint density at radius 1 is 0.793 bits per heavy atom. The highest BCUT2D eigenvalue weighted by atomic mass is 14.3. The van der Waals surface area contributed by atoms with E-state index >= 15 is 0 Å². The molecule has 0 unspecified atom stereocenters. The molecule has 0 bridgehead atoms. The van der Waals surface area contributed by atoms with Gasteiger partial charge in [0.05, 0.1) is 0 Å². The van der Waals surface area contributed by atoms with E-state index in [-0.39, 0.29) is 10.8 Å². The molecular formula is C29H40. The number of aryl methyl sites for hydroxylation is 2. The molecule has 0 atom stereocenters. The van der Waals surface area contributed by atoms with Crippen LogP contribution in [0.5, 0.6) is 0 Å². The van der Waals surface area contributed by atoms with Gasteiger partial charge >= 0.3 is 0 Å². The van der Waals surface area contributed by atoms with E-state index in [9.17, 15) is 0 Å². The number of rotatable bonds is 8.